The molecule has 0 bridgehead atoms. The lowest BCUT2D eigenvalue weighted by molar-refractivity contribution is -0.174. The summed E-state index contributed by atoms with van der Waals surface area (Å²) in [6.45, 7) is 10.1. The van der Waals surface area contributed by atoms with Crippen LogP contribution in [0.5, 0.6) is 0 Å². The van der Waals surface area contributed by atoms with Crippen LogP contribution in [0.15, 0.2) is 23.8 Å². The molecule has 3 fully saturated rings. The minimum Gasteiger partial charge on any atom is -0.466 e. The van der Waals surface area contributed by atoms with E-state index in [4.69, 9.17) is 28.4 Å². The lowest BCUT2D eigenvalue weighted by atomic mass is 9.83. The smallest absolute Gasteiger partial charge is 0.341 e. The van der Waals surface area contributed by atoms with Gasteiger partial charge in [0.2, 0.25) is 0 Å². The Morgan fingerprint density at radius 2 is 1.84 bits per heavy atom. The molecule has 0 radical (unpaired) electrons. The Bertz CT molecular complexity index is 937. The van der Waals surface area contributed by atoms with E-state index in [0.29, 0.717) is 0 Å². The zero-order valence-electron chi connectivity index (χ0n) is 18.5. The lowest BCUT2D eigenvalue weighted by Gasteiger charge is -2.33. The van der Waals surface area contributed by atoms with Crippen molar-refractivity contribution in [1.82, 2.24) is 0 Å². The van der Waals surface area contributed by atoms with Crippen molar-refractivity contribution in [2.24, 2.45) is 5.92 Å². The SMILES string of the molecule is C=C1C(=O)O[C@H]2[C@H]1[C@H](OC(=O)[C@]1(C)O[C@@H]1C)[C@@H](OC(C)=O)/C(C(=O)OC)=C\C[C@@]1(C)O[C@H]21. The van der Waals surface area contributed by atoms with Gasteiger partial charge in [-0.05, 0) is 27.2 Å². The van der Waals surface area contributed by atoms with E-state index < -0.39 is 65.4 Å². The van der Waals surface area contributed by atoms with E-state index in [0.717, 1.165) is 6.92 Å². The fourth-order valence-corrected chi connectivity index (χ4v) is 4.42. The molecule has 3 heterocycles. The van der Waals surface area contributed by atoms with Crippen LogP contribution < -0.4 is 0 Å². The van der Waals surface area contributed by atoms with Gasteiger partial charge in [-0.3, -0.25) is 4.79 Å². The summed E-state index contributed by atoms with van der Waals surface area (Å²) < 4.78 is 32.9. The van der Waals surface area contributed by atoms with Crippen molar-refractivity contribution in [2.45, 2.75) is 75.8 Å². The molecule has 0 aromatic rings. The highest BCUT2D eigenvalue weighted by molar-refractivity contribution is 5.93. The molecule has 3 saturated heterocycles. The largest absolute Gasteiger partial charge is 0.466 e. The van der Waals surface area contributed by atoms with Crippen molar-refractivity contribution in [1.29, 1.82) is 0 Å². The van der Waals surface area contributed by atoms with Crippen molar-refractivity contribution in [2.75, 3.05) is 7.11 Å². The van der Waals surface area contributed by atoms with Gasteiger partial charge in [-0.1, -0.05) is 12.7 Å². The number of epoxide rings is 2. The highest BCUT2D eigenvalue weighted by atomic mass is 16.7. The van der Waals surface area contributed by atoms with Crippen LogP contribution in [0.4, 0.5) is 0 Å². The number of fused-ring (bicyclic) bond motifs is 3. The van der Waals surface area contributed by atoms with Gasteiger partial charge in [0.05, 0.1) is 30.3 Å². The summed E-state index contributed by atoms with van der Waals surface area (Å²) in [6, 6.07) is 0. The summed E-state index contributed by atoms with van der Waals surface area (Å²) in [5, 5.41) is 0. The standard InChI is InChI=1S/C22H26O10/c1-9-13-15(30-20(26)22(5)10(2)31-22)14(28-11(3)23)12(19(25)27-6)7-8-21(4)17(32-21)16(13)29-18(9)24/h7,10,13-17H,1,8H2,2-6H3/b12-7+/t10-,13-,14+,15+,16+,17-,21-,22-/m1/s1. The van der Waals surface area contributed by atoms with Gasteiger partial charge >= 0.3 is 23.9 Å². The van der Waals surface area contributed by atoms with E-state index in [9.17, 15) is 19.2 Å². The highest BCUT2D eigenvalue weighted by Gasteiger charge is 2.66. The van der Waals surface area contributed by atoms with Gasteiger partial charge in [-0.2, -0.15) is 0 Å². The van der Waals surface area contributed by atoms with Gasteiger partial charge in [-0.25, -0.2) is 14.4 Å². The zero-order valence-corrected chi connectivity index (χ0v) is 18.5. The Hall–Kier alpha value is -2.72. The minimum atomic E-state index is -1.36. The number of rotatable bonds is 4. The normalized spacial score (nSPS) is 43.7. The molecular weight excluding hydrogens is 424 g/mol. The van der Waals surface area contributed by atoms with E-state index >= 15 is 0 Å². The Labute approximate surface area is 184 Å². The molecular formula is C22H26O10. The Kier molecular flexibility index (Phi) is 5.21. The molecule has 4 rings (SSSR count). The molecule has 0 unspecified atom stereocenters. The first-order chi connectivity index (χ1) is 14.9. The van der Waals surface area contributed by atoms with Crippen LogP contribution >= 0.6 is 0 Å². The summed E-state index contributed by atoms with van der Waals surface area (Å²) in [4.78, 5) is 50.1. The number of hydrogen-bond acceptors (Lipinski definition) is 10. The number of hydrogen-bond donors (Lipinski definition) is 0. The molecule has 0 aromatic heterocycles. The second-order valence-corrected chi connectivity index (χ2v) is 8.89. The fourth-order valence-electron chi connectivity index (χ4n) is 4.42. The third-order valence-corrected chi connectivity index (χ3v) is 6.69. The molecule has 0 spiro atoms. The third-order valence-electron chi connectivity index (χ3n) is 6.69. The number of carbonyl (C=O) groups is 4. The lowest BCUT2D eigenvalue weighted by Crippen LogP contribution is -2.48. The van der Waals surface area contributed by atoms with Gasteiger partial charge in [0.25, 0.3) is 0 Å². The van der Waals surface area contributed by atoms with Gasteiger partial charge in [0.15, 0.2) is 17.8 Å². The van der Waals surface area contributed by atoms with E-state index in [2.05, 4.69) is 6.58 Å². The molecule has 32 heavy (non-hydrogen) atoms. The first-order valence-corrected chi connectivity index (χ1v) is 10.3. The fraction of sp³-hybridized carbons (Fsp3) is 0.636. The van der Waals surface area contributed by atoms with Crippen molar-refractivity contribution in [3.05, 3.63) is 23.8 Å². The van der Waals surface area contributed by atoms with Crippen LogP contribution in [-0.4, -0.2) is 72.7 Å². The van der Waals surface area contributed by atoms with E-state index in [1.807, 2.05) is 6.92 Å². The van der Waals surface area contributed by atoms with Gasteiger partial charge < -0.3 is 28.4 Å². The first-order valence-electron chi connectivity index (χ1n) is 10.3. The second-order valence-electron chi connectivity index (χ2n) is 8.89. The second kappa shape index (κ2) is 7.41. The highest BCUT2D eigenvalue weighted by Crippen LogP contribution is 2.51. The van der Waals surface area contributed by atoms with Crippen molar-refractivity contribution >= 4 is 23.9 Å². The van der Waals surface area contributed by atoms with E-state index in [-0.39, 0.29) is 23.7 Å². The molecule has 174 valence electrons. The van der Waals surface area contributed by atoms with Crippen LogP contribution in [0.3, 0.4) is 0 Å². The summed E-state index contributed by atoms with van der Waals surface area (Å²) in [5.74, 6) is -3.80. The van der Waals surface area contributed by atoms with Crippen molar-refractivity contribution in [3.8, 4) is 0 Å². The monoisotopic (exact) mass is 450 g/mol. The maximum Gasteiger partial charge on any atom is 0.341 e. The predicted octanol–water partition coefficient (Wildman–Crippen LogP) is 0.766. The Balaban J connectivity index is 1.82. The van der Waals surface area contributed by atoms with Gasteiger partial charge in [0.1, 0.15) is 12.2 Å². The molecule has 0 saturated carbocycles. The number of ether oxygens (including phenoxy) is 6. The van der Waals surface area contributed by atoms with Gasteiger partial charge in [-0.15, -0.1) is 0 Å². The topological polar surface area (TPSA) is 130 Å². The molecule has 0 aromatic carbocycles. The summed E-state index contributed by atoms with van der Waals surface area (Å²) in [7, 11) is 1.19. The Morgan fingerprint density at radius 1 is 1.19 bits per heavy atom. The minimum absolute atomic E-state index is 0.0290. The van der Waals surface area contributed by atoms with E-state index in [1.165, 1.54) is 7.11 Å². The van der Waals surface area contributed by atoms with Crippen LogP contribution in [0.25, 0.3) is 0 Å². The molecule has 10 heteroatoms. The van der Waals surface area contributed by atoms with Crippen LogP contribution in [0.2, 0.25) is 0 Å². The zero-order chi connectivity index (χ0) is 23.6. The molecule has 10 nitrogen and oxygen atoms in total. The predicted molar refractivity (Wildman–Crippen MR) is 105 cm³/mol. The van der Waals surface area contributed by atoms with Crippen molar-refractivity contribution in [3.63, 3.8) is 0 Å². The summed E-state index contributed by atoms with van der Waals surface area (Å²) in [6.07, 6.45) is -2.61. The van der Waals surface area contributed by atoms with Crippen LogP contribution in [-0.2, 0) is 47.6 Å². The number of carbonyl (C=O) groups excluding carboxylic acids is 4. The summed E-state index contributed by atoms with van der Waals surface area (Å²) in [5.41, 5.74) is -1.92. The first kappa shape index (κ1) is 22.5. The molecule has 0 amide bonds. The number of esters is 4. The van der Waals surface area contributed by atoms with E-state index in [1.54, 1.807) is 19.9 Å². The average Bonchev–Trinajstić information content (AvgIpc) is 3.54. The molecule has 3 aliphatic heterocycles. The maximum absolute atomic E-state index is 13.0. The molecule has 4 aliphatic rings. The quantitative estimate of drug-likeness (QED) is 0.262. The van der Waals surface area contributed by atoms with Crippen LogP contribution in [0.1, 0.15) is 34.1 Å². The maximum atomic E-state index is 13.0. The average molecular weight is 450 g/mol. The van der Waals surface area contributed by atoms with Crippen LogP contribution in [0, 0.1) is 5.92 Å². The molecule has 8 atom stereocenters. The van der Waals surface area contributed by atoms with Gasteiger partial charge in [0, 0.05) is 12.5 Å². The van der Waals surface area contributed by atoms with Crippen molar-refractivity contribution < 1.29 is 47.6 Å². The molecule has 0 N–H and O–H groups in total. The molecule has 1 aliphatic carbocycles. The number of methoxy groups -OCH3 is 1. The third kappa shape index (κ3) is 3.51. The summed E-state index contributed by atoms with van der Waals surface area (Å²) >= 11 is 0. The Morgan fingerprint density at radius 3 is 2.41 bits per heavy atom.